The molecule has 0 aliphatic heterocycles. The standard InChI is InChI=1S/C14H16NO2/c1-4-5-13(16)17-14(2,3)12-8-6-11(10-15)7-9-12/h6-9H,2,4-5H2,1,3H3. The van der Waals surface area contributed by atoms with E-state index in [-0.39, 0.29) is 5.97 Å². The molecule has 89 valence electrons. The molecule has 1 unspecified atom stereocenters. The Bertz CT molecular complexity index is 427. The fraction of sp³-hybridized carbons (Fsp3) is 0.357. The van der Waals surface area contributed by atoms with Crippen LogP contribution >= 0.6 is 0 Å². The summed E-state index contributed by atoms with van der Waals surface area (Å²) in [7, 11) is 0. The second-order valence-corrected chi connectivity index (χ2v) is 4.14. The summed E-state index contributed by atoms with van der Waals surface area (Å²) in [6.45, 7) is 7.55. The molecule has 0 saturated carbocycles. The van der Waals surface area contributed by atoms with Crippen LogP contribution in [0.1, 0.15) is 37.8 Å². The molecular weight excluding hydrogens is 214 g/mol. The molecule has 0 spiro atoms. The van der Waals surface area contributed by atoms with Crippen LogP contribution in [0.4, 0.5) is 0 Å². The van der Waals surface area contributed by atoms with Gasteiger partial charge in [0.1, 0.15) is 5.60 Å². The third-order valence-electron chi connectivity index (χ3n) is 2.42. The number of carbonyl (C=O) groups excluding carboxylic acids is 1. The maximum absolute atomic E-state index is 11.4. The van der Waals surface area contributed by atoms with Gasteiger partial charge in [0.2, 0.25) is 0 Å². The zero-order valence-corrected chi connectivity index (χ0v) is 10.2. The SMILES string of the molecule is [CH2]C(C)(OC(=O)CCC)c1ccc(C#N)cc1. The lowest BCUT2D eigenvalue weighted by molar-refractivity contribution is -0.155. The minimum absolute atomic E-state index is 0.255. The molecule has 17 heavy (non-hydrogen) atoms. The first-order chi connectivity index (χ1) is 7.99. The summed E-state index contributed by atoms with van der Waals surface area (Å²) in [6.07, 6.45) is 1.14. The average Bonchev–Trinajstić information content (AvgIpc) is 2.28. The van der Waals surface area contributed by atoms with Crippen molar-refractivity contribution in [2.75, 3.05) is 0 Å². The Balaban J connectivity index is 2.81. The summed E-state index contributed by atoms with van der Waals surface area (Å²) in [4.78, 5) is 11.4. The van der Waals surface area contributed by atoms with Crippen LogP contribution < -0.4 is 0 Å². The highest BCUT2D eigenvalue weighted by atomic mass is 16.6. The molecule has 3 heteroatoms. The maximum Gasteiger partial charge on any atom is 0.306 e. The van der Waals surface area contributed by atoms with E-state index in [1.807, 2.05) is 13.0 Å². The van der Waals surface area contributed by atoms with Gasteiger partial charge in [-0.15, -0.1) is 0 Å². The Kier molecular flexibility index (Phi) is 4.28. The Hall–Kier alpha value is -1.82. The summed E-state index contributed by atoms with van der Waals surface area (Å²) < 4.78 is 5.30. The predicted molar refractivity (Wildman–Crippen MR) is 64.9 cm³/mol. The number of rotatable bonds is 4. The van der Waals surface area contributed by atoms with Gasteiger partial charge in [-0.3, -0.25) is 4.79 Å². The summed E-state index contributed by atoms with van der Waals surface area (Å²) in [6, 6.07) is 8.92. The van der Waals surface area contributed by atoms with Gasteiger partial charge in [0.05, 0.1) is 11.6 Å². The normalized spacial score (nSPS) is 10.7. The zero-order chi connectivity index (χ0) is 12.9. The Labute approximate surface area is 102 Å². The second kappa shape index (κ2) is 5.49. The molecule has 0 aliphatic rings. The third-order valence-corrected chi connectivity index (χ3v) is 2.42. The van der Waals surface area contributed by atoms with E-state index in [4.69, 9.17) is 10.00 Å². The summed E-state index contributed by atoms with van der Waals surface area (Å²) in [5.74, 6) is -0.255. The van der Waals surface area contributed by atoms with Gasteiger partial charge in [-0.2, -0.15) is 5.26 Å². The van der Waals surface area contributed by atoms with E-state index in [9.17, 15) is 4.79 Å². The van der Waals surface area contributed by atoms with Gasteiger partial charge < -0.3 is 4.74 Å². The minimum atomic E-state index is -0.903. The first kappa shape index (κ1) is 13.2. The maximum atomic E-state index is 11.4. The molecule has 0 N–H and O–H groups in total. The quantitative estimate of drug-likeness (QED) is 0.747. The molecule has 1 aromatic carbocycles. The number of benzene rings is 1. The van der Waals surface area contributed by atoms with E-state index in [1.165, 1.54) is 0 Å². The van der Waals surface area contributed by atoms with Crippen molar-refractivity contribution in [3.05, 3.63) is 42.3 Å². The number of hydrogen-bond acceptors (Lipinski definition) is 3. The van der Waals surface area contributed by atoms with Crippen LogP contribution in [0.3, 0.4) is 0 Å². The number of ether oxygens (including phenoxy) is 1. The number of nitrogens with zero attached hydrogens (tertiary/aromatic N) is 1. The van der Waals surface area contributed by atoms with E-state index in [0.717, 1.165) is 12.0 Å². The van der Waals surface area contributed by atoms with E-state index < -0.39 is 5.60 Å². The monoisotopic (exact) mass is 230 g/mol. The van der Waals surface area contributed by atoms with Crippen molar-refractivity contribution in [1.82, 2.24) is 0 Å². The number of nitriles is 1. The van der Waals surface area contributed by atoms with Gasteiger partial charge in [-0.05, 0) is 38.0 Å². The summed E-state index contributed by atoms with van der Waals surface area (Å²) >= 11 is 0. The molecule has 0 bridgehead atoms. The lowest BCUT2D eigenvalue weighted by Crippen LogP contribution is -2.25. The molecule has 0 amide bonds. The van der Waals surface area contributed by atoms with Gasteiger partial charge in [-0.25, -0.2) is 0 Å². The number of carbonyl (C=O) groups is 1. The first-order valence-corrected chi connectivity index (χ1v) is 5.57. The molecule has 0 aromatic heterocycles. The fourth-order valence-electron chi connectivity index (χ4n) is 1.46. The lowest BCUT2D eigenvalue weighted by Gasteiger charge is -2.25. The Morgan fingerprint density at radius 1 is 1.47 bits per heavy atom. The van der Waals surface area contributed by atoms with E-state index in [1.54, 1.807) is 31.2 Å². The Morgan fingerprint density at radius 2 is 2.06 bits per heavy atom. The molecule has 0 aliphatic carbocycles. The second-order valence-electron chi connectivity index (χ2n) is 4.14. The molecule has 0 saturated heterocycles. The lowest BCUT2D eigenvalue weighted by atomic mass is 9.97. The predicted octanol–water partition coefficient (Wildman–Crippen LogP) is 2.95. The smallest absolute Gasteiger partial charge is 0.306 e. The van der Waals surface area contributed by atoms with Gasteiger partial charge in [0.25, 0.3) is 0 Å². The molecule has 1 rings (SSSR count). The van der Waals surface area contributed by atoms with E-state index >= 15 is 0 Å². The summed E-state index contributed by atoms with van der Waals surface area (Å²) in [5, 5.41) is 8.70. The van der Waals surface area contributed by atoms with Crippen molar-refractivity contribution in [3.8, 4) is 6.07 Å². The molecule has 0 heterocycles. The van der Waals surface area contributed by atoms with Crippen molar-refractivity contribution in [2.45, 2.75) is 32.3 Å². The van der Waals surface area contributed by atoms with Crippen LogP contribution in [0.25, 0.3) is 0 Å². The van der Waals surface area contributed by atoms with E-state index in [0.29, 0.717) is 12.0 Å². The van der Waals surface area contributed by atoms with Crippen LogP contribution in [0.2, 0.25) is 0 Å². The van der Waals surface area contributed by atoms with Crippen LogP contribution in [-0.2, 0) is 15.1 Å². The fourth-order valence-corrected chi connectivity index (χ4v) is 1.46. The number of hydrogen-bond donors (Lipinski definition) is 0. The summed E-state index contributed by atoms with van der Waals surface area (Å²) in [5.41, 5.74) is 0.450. The first-order valence-electron chi connectivity index (χ1n) is 5.57. The molecule has 0 fully saturated rings. The van der Waals surface area contributed by atoms with Crippen LogP contribution in [0.15, 0.2) is 24.3 Å². The van der Waals surface area contributed by atoms with Crippen molar-refractivity contribution in [2.24, 2.45) is 0 Å². The molecule has 1 aromatic rings. The highest BCUT2D eigenvalue weighted by Crippen LogP contribution is 2.25. The highest BCUT2D eigenvalue weighted by molar-refractivity contribution is 5.70. The van der Waals surface area contributed by atoms with Crippen molar-refractivity contribution >= 4 is 5.97 Å². The van der Waals surface area contributed by atoms with Gasteiger partial charge >= 0.3 is 5.97 Å². The van der Waals surface area contributed by atoms with Gasteiger partial charge in [-0.1, -0.05) is 19.1 Å². The topological polar surface area (TPSA) is 50.1 Å². The highest BCUT2D eigenvalue weighted by Gasteiger charge is 2.24. The molecule has 1 radical (unpaired) electrons. The van der Waals surface area contributed by atoms with Gasteiger partial charge in [0, 0.05) is 6.42 Å². The van der Waals surface area contributed by atoms with Gasteiger partial charge in [0.15, 0.2) is 0 Å². The van der Waals surface area contributed by atoms with Crippen molar-refractivity contribution in [3.63, 3.8) is 0 Å². The number of esters is 1. The van der Waals surface area contributed by atoms with Crippen LogP contribution in [-0.4, -0.2) is 5.97 Å². The zero-order valence-electron chi connectivity index (χ0n) is 10.2. The Morgan fingerprint density at radius 3 is 2.53 bits per heavy atom. The van der Waals surface area contributed by atoms with E-state index in [2.05, 4.69) is 6.92 Å². The largest absolute Gasteiger partial charge is 0.454 e. The van der Waals surface area contributed by atoms with Crippen LogP contribution in [0, 0.1) is 18.3 Å². The van der Waals surface area contributed by atoms with Crippen molar-refractivity contribution < 1.29 is 9.53 Å². The minimum Gasteiger partial charge on any atom is -0.454 e. The average molecular weight is 230 g/mol. The van der Waals surface area contributed by atoms with Crippen LogP contribution in [0.5, 0.6) is 0 Å². The van der Waals surface area contributed by atoms with Crippen molar-refractivity contribution in [1.29, 1.82) is 5.26 Å². The molecular formula is C14H16NO2. The molecule has 3 nitrogen and oxygen atoms in total. The third kappa shape index (κ3) is 3.60. The molecule has 1 atom stereocenters.